The van der Waals surface area contributed by atoms with Crippen LogP contribution in [0.15, 0.2) is 30.3 Å². The molecule has 0 spiro atoms. The number of carbonyl (C=O) groups excluding carboxylic acids is 2. The summed E-state index contributed by atoms with van der Waals surface area (Å²) in [6.45, 7) is 1.03. The van der Waals surface area contributed by atoms with Crippen LogP contribution in [-0.2, 0) is 14.3 Å². The molecule has 1 aromatic rings. The zero-order valence-corrected chi connectivity index (χ0v) is 12.8. The summed E-state index contributed by atoms with van der Waals surface area (Å²) in [5.74, 6) is -0.493. The van der Waals surface area contributed by atoms with Crippen LogP contribution in [0.4, 0.5) is 5.69 Å². The van der Waals surface area contributed by atoms with E-state index in [2.05, 4.69) is 0 Å². The van der Waals surface area contributed by atoms with Crippen LogP contribution in [0, 0.1) is 16.0 Å². The van der Waals surface area contributed by atoms with Gasteiger partial charge in [-0.15, -0.1) is 0 Å². The first-order chi connectivity index (χ1) is 11.0. The first-order valence-corrected chi connectivity index (χ1v) is 7.30. The average molecular weight is 318 g/mol. The molecule has 23 heavy (non-hydrogen) atoms. The lowest BCUT2D eigenvalue weighted by molar-refractivity contribution is -0.384. The van der Waals surface area contributed by atoms with Crippen molar-refractivity contribution >= 4 is 23.6 Å². The number of piperidine rings is 1. The molecule has 7 heteroatoms. The van der Waals surface area contributed by atoms with E-state index in [9.17, 15) is 19.7 Å². The van der Waals surface area contributed by atoms with E-state index in [-0.39, 0.29) is 23.5 Å². The monoisotopic (exact) mass is 318 g/mol. The van der Waals surface area contributed by atoms with Crippen LogP contribution < -0.4 is 0 Å². The molecule has 0 aliphatic carbocycles. The largest absolute Gasteiger partial charge is 0.469 e. The van der Waals surface area contributed by atoms with Gasteiger partial charge in [-0.1, -0.05) is 0 Å². The van der Waals surface area contributed by atoms with Gasteiger partial charge in [0.15, 0.2) is 0 Å². The highest BCUT2D eigenvalue weighted by Gasteiger charge is 2.26. The fourth-order valence-corrected chi connectivity index (χ4v) is 2.48. The van der Waals surface area contributed by atoms with Gasteiger partial charge in [0.2, 0.25) is 5.91 Å². The molecule has 2 rings (SSSR count). The van der Waals surface area contributed by atoms with Gasteiger partial charge < -0.3 is 9.64 Å². The first kappa shape index (κ1) is 16.7. The molecule has 1 amide bonds. The standard InChI is InChI=1S/C16H18N2O5/c1-23-16(20)13-8-10-17(11-9-13)15(19)7-4-12-2-5-14(6-3-12)18(21)22/h2-7,13H,8-11H2,1H3/b7-4+. The maximum atomic E-state index is 12.1. The van der Waals surface area contributed by atoms with Gasteiger partial charge in [0.25, 0.3) is 5.69 Å². The molecule has 0 bridgehead atoms. The number of nitro benzene ring substituents is 1. The number of rotatable bonds is 4. The summed E-state index contributed by atoms with van der Waals surface area (Å²) in [6, 6.07) is 5.97. The van der Waals surface area contributed by atoms with Crippen LogP contribution in [0.5, 0.6) is 0 Å². The summed E-state index contributed by atoms with van der Waals surface area (Å²) >= 11 is 0. The molecule has 0 saturated carbocycles. The van der Waals surface area contributed by atoms with Gasteiger partial charge in [0, 0.05) is 31.3 Å². The normalized spacial score (nSPS) is 15.6. The van der Waals surface area contributed by atoms with Crippen molar-refractivity contribution in [2.24, 2.45) is 5.92 Å². The number of benzene rings is 1. The molecule has 0 atom stereocenters. The molecular weight excluding hydrogens is 300 g/mol. The number of esters is 1. The minimum atomic E-state index is -0.468. The second-order valence-electron chi connectivity index (χ2n) is 5.30. The molecule has 0 N–H and O–H groups in total. The SMILES string of the molecule is COC(=O)C1CCN(C(=O)/C=C/c2ccc([N+](=O)[O-])cc2)CC1. The minimum absolute atomic E-state index is 0.0124. The summed E-state index contributed by atoms with van der Waals surface area (Å²) < 4.78 is 4.71. The zero-order valence-electron chi connectivity index (χ0n) is 12.8. The molecule has 0 radical (unpaired) electrons. The Kier molecular flexibility index (Phi) is 5.46. The summed E-state index contributed by atoms with van der Waals surface area (Å²) in [4.78, 5) is 35.3. The summed E-state index contributed by atoms with van der Waals surface area (Å²) in [5, 5.41) is 10.6. The topological polar surface area (TPSA) is 89.8 Å². The van der Waals surface area contributed by atoms with Crippen LogP contribution in [0.25, 0.3) is 6.08 Å². The Balaban J connectivity index is 1.89. The lowest BCUT2D eigenvalue weighted by Crippen LogP contribution is -2.39. The van der Waals surface area contributed by atoms with Gasteiger partial charge in [-0.3, -0.25) is 19.7 Å². The summed E-state index contributed by atoms with van der Waals surface area (Å²) in [6.07, 6.45) is 4.27. The van der Waals surface area contributed by atoms with E-state index < -0.39 is 4.92 Å². The number of hydrogen-bond donors (Lipinski definition) is 0. The van der Waals surface area contributed by atoms with Crippen molar-refractivity contribution in [1.29, 1.82) is 0 Å². The molecule has 1 aromatic carbocycles. The molecule has 7 nitrogen and oxygen atoms in total. The molecule has 1 heterocycles. The molecule has 1 aliphatic rings. The van der Waals surface area contributed by atoms with Crippen molar-refractivity contribution in [1.82, 2.24) is 4.90 Å². The minimum Gasteiger partial charge on any atom is -0.469 e. The maximum absolute atomic E-state index is 12.1. The maximum Gasteiger partial charge on any atom is 0.308 e. The number of nitro groups is 1. The van der Waals surface area contributed by atoms with Crippen molar-refractivity contribution in [2.45, 2.75) is 12.8 Å². The highest BCUT2D eigenvalue weighted by molar-refractivity contribution is 5.92. The van der Waals surface area contributed by atoms with Crippen LogP contribution in [0.1, 0.15) is 18.4 Å². The zero-order chi connectivity index (χ0) is 16.8. The number of nitrogens with zero attached hydrogens (tertiary/aromatic N) is 2. The second-order valence-corrected chi connectivity index (χ2v) is 5.30. The number of non-ortho nitro benzene ring substituents is 1. The van der Waals surface area contributed by atoms with E-state index in [4.69, 9.17) is 4.74 Å². The third-order valence-electron chi connectivity index (χ3n) is 3.86. The number of likely N-dealkylation sites (tertiary alicyclic amines) is 1. The lowest BCUT2D eigenvalue weighted by atomic mass is 9.97. The lowest BCUT2D eigenvalue weighted by Gasteiger charge is -2.29. The Bertz CT molecular complexity index is 616. The molecular formula is C16H18N2O5. The van der Waals surface area contributed by atoms with Crippen LogP contribution in [0.2, 0.25) is 0 Å². The molecule has 1 saturated heterocycles. The van der Waals surface area contributed by atoms with Crippen molar-refractivity contribution in [3.8, 4) is 0 Å². The number of ether oxygens (including phenoxy) is 1. The predicted octanol–water partition coefficient (Wildman–Crippen LogP) is 2.02. The highest BCUT2D eigenvalue weighted by Crippen LogP contribution is 2.19. The second kappa shape index (κ2) is 7.53. The van der Waals surface area contributed by atoms with Gasteiger partial charge in [0.1, 0.15) is 0 Å². The van der Waals surface area contributed by atoms with E-state index in [1.165, 1.54) is 25.3 Å². The van der Waals surface area contributed by atoms with Gasteiger partial charge in [0.05, 0.1) is 18.0 Å². The number of carbonyl (C=O) groups is 2. The summed E-state index contributed by atoms with van der Waals surface area (Å²) in [7, 11) is 1.37. The third kappa shape index (κ3) is 4.38. The number of methoxy groups -OCH3 is 1. The van der Waals surface area contributed by atoms with E-state index in [0.717, 1.165) is 0 Å². The van der Waals surface area contributed by atoms with Crippen LogP contribution in [0.3, 0.4) is 0 Å². The van der Waals surface area contributed by atoms with Gasteiger partial charge >= 0.3 is 5.97 Å². The third-order valence-corrected chi connectivity index (χ3v) is 3.86. The molecule has 122 valence electrons. The van der Waals surface area contributed by atoms with Crippen molar-refractivity contribution in [3.05, 3.63) is 46.0 Å². The van der Waals surface area contributed by atoms with E-state index in [1.54, 1.807) is 23.1 Å². The van der Waals surface area contributed by atoms with E-state index in [0.29, 0.717) is 31.5 Å². The Morgan fingerprint density at radius 1 is 1.26 bits per heavy atom. The van der Waals surface area contributed by atoms with Gasteiger partial charge in [-0.2, -0.15) is 0 Å². The van der Waals surface area contributed by atoms with Crippen LogP contribution in [-0.4, -0.2) is 41.9 Å². The fourth-order valence-electron chi connectivity index (χ4n) is 2.48. The van der Waals surface area contributed by atoms with Crippen LogP contribution >= 0.6 is 0 Å². The predicted molar refractivity (Wildman–Crippen MR) is 83.5 cm³/mol. The molecule has 0 aromatic heterocycles. The Hall–Kier alpha value is -2.70. The van der Waals surface area contributed by atoms with E-state index >= 15 is 0 Å². The number of hydrogen-bond acceptors (Lipinski definition) is 5. The van der Waals surface area contributed by atoms with Crippen molar-refractivity contribution < 1.29 is 19.2 Å². The Morgan fingerprint density at radius 3 is 2.39 bits per heavy atom. The quantitative estimate of drug-likeness (QED) is 0.367. The Morgan fingerprint density at radius 2 is 1.87 bits per heavy atom. The van der Waals surface area contributed by atoms with Gasteiger partial charge in [-0.25, -0.2) is 0 Å². The highest BCUT2D eigenvalue weighted by atomic mass is 16.6. The fraction of sp³-hybridized carbons (Fsp3) is 0.375. The molecule has 0 unspecified atom stereocenters. The average Bonchev–Trinajstić information content (AvgIpc) is 2.59. The smallest absolute Gasteiger partial charge is 0.308 e. The van der Waals surface area contributed by atoms with Gasteiger partial charge in [-0.05, 0) is 36.6 Å². The molecule has 1 aliphatic heterocycles. The summed E-state index contributed by atoms with van der Waals surface area (Å²) in [5.41, 5.74) is 0.728. The van der Waals surface area contributed by atoms with Crippen molar-refractivity contribution in [2.75, 3.05) is 20.2 Å². The molecule has 1 fully saturated rings. The van der Waals surface area contributed by atoms with Crippen molar-refractivity contribution in [3.63, 3.8) is 0 Å². The van der Waals surface area contributed by atoms with E-state index in [1.807, 2.05) is 0 Å². The first-order valence-electron chi connectivity index (χ1n) is 7.30. The Labute approximate surface area is 133 Å². The number of amides is 1.